The number of benzene rings is 2. The molecular formula is C20H22N4O. The van der Waals surface area contributed by atoms with Gasteiger partial charge in [0, 0.05) is 17.9 Å². The van der Waals surface area contributed by atoms with Crippen LogP contribution in [0.4, 0.5) is 17.5 Å². The fourth-order valence-electron chi connectivity index (χ4n) is 2.30. The van der Waals surface area contributed by atoms with E-state index in [0.717, 1.165) is 22.8 Å². The summed E-state index contributed by atoms with van der Waals surface area (Å²) in [5, 5.41) is 6.46. The molecule has 0 amide bonds. The largest absolute Gasteiger partial charge is 0.489 e. The van der Waals surface area contributed by atoms with Gasteiger partial charge in [-0.25, -0.2) is 4.98 Å². The Labute approximate surface area is 148 Å². The van der Waals surface area contributed by atoms with Crippen LogP contribution in [0.5, 0.6) is 5.75 Å². The van der Waals surface area contributed by atoms with Gasteiger partial charge in [-0.05, 0) is 49.7 Å². The summed E-state index contributed by atoms with van der Waals surface area (Å²) in [6.07, 6.45) is 1.73. The summed E-state index contributed by atoms with van der Waals surface area (Å²) < 4.78 is 5.79. The van der Waals surface area contributed by atoms with Crippen LogP contribution in [-0.4, -0.2) is 16.0 Å². The lowest BCUT2D eigenvalue weighted by molar-refractivity contribution is 0.306. The zero-order valence-corrected chi connectivity index (χ0v) is 14.4. The average Bonchev–Trinajstić information content (AvgIpc) is 2.62. The van der Waals surface area contributed by atoms with E-state index in [1.165, 1.54) is 0 Å². The van der Waals surface area contributed by atoms with E-state index in [9.17, 15) is 0 Å². The van der Waals surface area contributed by atoms with Crippen molar-refractivity contribution in [1.29, 1.82) is 0 Å². The van der Waals surface area contributed by atoms with Crippen molar-refractivity contribution in [3.8, 4) is 5.75 Å². The number of nitrogens with one attached hydrogen (secondary N) is 2. The Balaban J connectivity index is 1.59. The van der Waals surface area contributed by atoms with Crippen LogP contribution in [0.2, 0.25) is 0 Å². The van der Waals surface area contributed by atoms with Gasteiger partial charge in [0.1, 0.15) is 18.2 Å². The van der Waals surface area contributed by atoms with E-state index >= 15 is 0 Å². The van der Waals surface area contributed by atoms with Gasteiger partial charge in [-0.2, -0.15) is 4.98 Å². The van der Waals surface area contributed by atoms with Crippen LogP contribution in [-0.2, 0) is 6.61 Å². The lowest BCUT2D eigenvalue weighted by Gasteiger charge is -2.11. The Hall–Kier alpha value is -3.08. The zero-order chi connectivity index (χ0) is 17.5. The summed E-state index contributed by atoms with van der Waals surface area (Å²) in [6.45, 7) is 4.70. The molecule has 128 valence electrons. The molecule has 0 fully saturated rings. The SMILES string of the molecule is CC(C)Nc1ccnc(Nc2ccc(OCc3ccccc3)cc2)n1. The molecule has 2 aromatic carbocycles. The summed E-state index contributed by atoms with van der Waals surface area (Å²) in [4.78, 5) is 8.69. The summed E-state index contributed by atoms with van der Waals surface area (Å²) in [5.41, 5.74) is 2.06. The van der Waals surface area contributed by atoms with Crippen LogP contribution in [0.1, 0.15) is 19.4 Å². The second-order valence-corrected chi connectivity index (χ2v) is 5.99. The molecule has 0 aliphatic carbocycles. The van der Waals surface area contributed by atoms with Gasteiger partial charge in [0.2, 0.25) is 5.95 Å². The van der Waals surface area contributed by atoms with Crippen molar-refractivity contribution >= 4 is 17.5 Å². The first-order valence-corrected chi connectivity index (χ1v) is 8.32. The molecule has 1 heterocycles. The van der Waals surface area contributed by atoms with E-state index in [1.54, 1.807) is 6.20 Å². The number of hydrogen-bond donors (Lipinski definition) is 2. The van der Waals surface area contributed by atoms with Crippen LogP contribution in [0.15, 0.2) is 66.9 Å². The number of anilines is 3. The minimum Gasteiger partial charge on any atom is -0.489 e. The van der Waals surface area contributed by atoms with Crippen LogP contribution in [0.25, 0.3) is 0 Å². The fraction of sp³-hybridized carbons (Fsp3) is 0.200. The molecule has 0 spiro atoms. The molecular weight excluding hydrogens is 312 g/mol. The molecule has 25 heavy (non-hydrogen) atoms. The third-order valence-electron chi connectivity index (χ3n) is 3.45. The highest BCUT2D eigenvalue weighted by molar-refractivity contribution is 5.55. The first kappa shape index (κ1) is 16.8. The van der Waals surface area contributed by atoms with E-state index in [2.05, 4.69) is 34.4 Å². The predicted molar refractivity (Wildman–Crippen MR) is 101 cm³/mol. The summed E-state index contributed by atoms with van der Waals surface area (Å²) >= 11 is 0. The molecule has 0 aliphatic rings. The van der Waals surface area contributed by atoms with Gasteiger partial charge >= 0.3 is 0 Å². The van der Waals surface area contributed by atoms with Crippen LogP contribution >= 0.6 is 0 Å². The third kappa shape index (κ3) is 5.21. The van der Waals surface area contributed by atoms with Crippen molar-refractivity contribution in [2.75, 3.05) is 10.6 Å². The van der Waals surface area contributed by atoms with Crippen molar-refractivity contribution in [3.05, 3.63) is 72.4 Å². The van der Waals surface area contributed by atoms with Gasteiger partial charge in [0.15, 0.2) is 0 Å². The second kappa shape index (κ2) is 8.15. The highest BCUT2D eigenvalue weighted by Crippen LogP contribution is 2.19. The third-order valence-corrected chi connectivity index (χ3v) is 3.45. The molecule has 0 unspecified atom stereocenters. The van der Waals surface area contributed by atoms with Gasteiger partial charge in [-0.1, -0.05) is 30.3 Å². The van der Waals surface area contributed by atoms with E-state index in [0.29, 0.717) is 18.6 Å². The van der Waals surface area contributed by atoms with Crippen LogP contribution in [0, 0.1) is 0 Å². The zero-order valence-electron chi connectivity index (χ0n) is 14.4. The smallest absolute Gasteiger partial charge is 0.229 e. The first-order valence-electron chi connectivity index (χ1n) is 8.32. The molecule has 0 aliphatic heterocycles. The molecule has 3 rings (SSSR count). The molecule has 3 aromatic rings. The van der Waals surface area contributed by atoms with E-state index in [-0.39, 0.29) is 0 Å². The van der Waals surface area contributed by atoms with Crippen LogP contribution < -0.4 is 15.4 Å². The van der Waals surface area contributed by atoms with Crippen molar-refractivity contribution in [1.82, 2.24) is 9.97 Å². The lowest BCUT2D eigenvalue weighted by Crippen LogP contribution is -2.11. The fourth-order valence-corrected chi connectivity index (χ4v) is 2.30. The monoisotopic (exact) mass is 334 g/mol. The maximum Gasteiger partial charge on any atom is 0.229 e. The Morgan fingerprint density at radius 1 is 0.960 bits per heavy atom. The Bertz CT molecular complexity index is 788. The number of aromatic nitrogens is 2. The van der Waals surface area contributed by atoms with Crippen molar-refractivity contribution in [3.63, 3.8) is 0 Å². The quantitative estimate of drug-likeness (QED) is 0.660. The van der Waals surface area contributed by atoms with Crippen molar-refractivity contribution < 1.29 is 4.74 Å². The van der Waals surface area contributed by atoms with Gasteiger partial charge in [-0.15, -0.1) is 0 Å². The minimum absolute atomic E-state index is 0.323. The van der Waals surface area contributed by atoms with Crippen molar-refractivity contribution in [2.24, 2.45) is 0 Å². The number of hydrogen-bond acceptors (Lipinski definition) is 5. The maximum absolute atomic E-state index is 5.79. The maximum atomic E-state index is 5.79. The molecule has 0 saturated carbocycles. The Kier molecular flexibility index (Phi) is 5.46. The predicted octanol–water partition coefficient (Wildman–Crippen LogP) is 4.62. The number of ether oxygens (including phenoxy) is 1. The van der Waals surface area contributed by atoms with E-state index < -0.39 is 0 Å². The molecule has 1 aromatic heterocycles. The topological polar surface area (TPSA) is 59.1 Å². The van der Waals surface area contributed by atoms with E-state index in [1.807, 2.05) is 60.7 Å². The van der Waals surface area contributed by atoms with Gasteiger partial charge in [0.05, 0.1) is 0 Å². The summed E-state index contributed by atoms with van der Waals surface area (Å²) in [7, 11) is 0. The summed E-state index contributed by atoms with van der Waals surface area (Å²) in [5.74, 6) is 2.18. The van der Waals surface area contributed by atoms with Gasteiger partial charge in [-0.3, -0.25) is 0 Å². The second-order valence-electron chi connectivity index (χ2n) is 5.99. The molecule has 0 radical (unpaired) electrons. The summed E-state index contributed by atoms with van der Waals surface area (Å²) in [6, 6.07) is 20.0. The Morgan fingerprint density at radius 3 is 2.44 bits per heavy atom. The first-order chi connectivity index (χ1) is 12.2. The molecule has 0 atom stereocenters. The molecule has 5 nitrogen and oxygen atoms in total. The highest BCUT2D eigenvalue weighted by atomic mass is 16.5. The normalized spacial score (nSPS) is 10.5. The van der Waals surface area contributed by atoms with Gasteiger partial charge in [0.25, 0.3) is 0 Å². The molecule has 0 bridgehead atoms. The molecule has 2 N–H and O–H groups in total. The average molecular weight is 334 g/mol. The highest BCUT2D eigenvalue weighted by Gasteiger charge is 2.02. The number of rotatable bonds is 7. The van der Waals surface area contributed by atoms with Crippen molar-refractivity contribution in [2.45, 2.75) is 26.5 Å². The minimum atomic E-state index is 0.323. The lowest BCUT2D eigenvalue weighted by atomic mass is 10.2. The Morgan fingerprint density at radius 2 is 1.72 bits per heavy atom. The molecule has 5 heteroatoms. The van der Waals surface area contributed by atoms with Gasteiger partial charge < -0.3 is 15.4 Å². The molecule has 0 saturated heterocycles. The van der Waals surface area contributed by atoms with E-state index in [4.69, 9.17) is 4.74 Å². The standard InChI is InChI=1S/C20H22N4O/c1-15(2)22-19-12-13-21-20(24-19)23-17-8-10-18(11-9-17)25-14-16-6-4-3-5-7-16/h3-13,15H,14H2,1-2H3,(H2,21,22,23,24). The number of nitrogens with zero attached hydrogens (tertiary/aromatic N) is 2. The van der Waals surface area contributed by atoms with Crippen LogP contribution in [0.3, 0.4) is 0 Å².